The van der Waals surface area contributed by atoms with Gasteiger partial charge >= 0.3 is 0 Å². The van der Waals surface area contributed by atoms with E-state index in [2.05, 4.69) is 289 Å². The number of anilines is 3. The molecule has 0 aliphatic heterocycles. The van der Waals surface area contributed by atoms with Crippen LogP contribution in [-0.2, 0) is 0 Å². The minimum Gasteiger partial charge on any atom is -0.310 e. The summed E-state index contributed by atoms with van der Waals surface area (Å²) >= 11 is 0. The van der Waals surface area contributed by atoms with Gasteiger partial charge in [0.1, 0.15) is 0 Å². The summed E-state index contributed by atoms with van der Waals surface area (Å²) in [6, 6.07) is 101. The summed E-state index contributed by atoms with van der Waals surface area (Å²) in [6.07, 6.45) is 0. The van der Waals surface area contributed by atoms with E-state index in [-0.39, 0.29) is 0 Å². The molecule has 0 aliphatic carbocycles. The molecule has 1 aromatic heterocycles. The predicted molar refractivity (Wildman–Crippen MR) is 288 cm³/mol. The summed E-state index contributed by atoms with van der Waals surface area (Å²) in [4.78, 5) is 2.42. The first-order valence-corrected chi connectivity index (χ1v) is 23.3. The maximum Gasteiger partial charge on any atom is 0.0541 e. The van der Waals surface area contributed by atoms with Crippen LogP contribution in [0.15, 0.2) is 279 Å². The van der Waals surface area contributed by atoms with Crippen molar-refractivity contribution in [3.8, 4) is 72.4 Å². The molecule has 0 aliphatic rings. The molecule has 0 N–H and O–H groups in total. The number of para-hydroxylation sites is 3. The number of benzene rings is 11. The third kappa shape index (κ3) is 7.64. The summed E-state index contributed by atoms with van der Waals surface area (Å²) in [7, 11) is 0. The molecule has 0 saturated heterocycles. The SMILES string of the molecule is c1ccc(-c2ccc(-c3ccc(N(c4ccc(-c5ccccc5)cc4)c4ccc(-c5ccccc5-n5c6ccccc6c6ccccc65)cc4-c4cccc(-c5ccccc5)c4)cc3)cc2)cc1. The van der Waals surface area contributed by atoms with E-state index in [1.54, 1.807) is 0 Å². The van der Waals surface area contributed by atoms with Crippen molar-refractivity contribution in [2.24, 2.45) is 0 Å². The fourth-order valence-electron chi connectivity index (χ4n) is 9.87. The highest BCUT2D eigenvalue weighted by atomic mass is 15.1. The van der Waals surface area contributed by atoms with Crippen molar-refractivity contribution >= 4 is 38.9 Å². The van der Waals surface area contributed by atoms with Crippen LogP contribution in [0.5, 0.6) is 0 Å². The molecule has 0 radical (unpaired) electrons. The lowest BCUT2D eigenvalue weighted by Gasteiger charge is -2.29. The Morgan fingerprint density at radius 1 is 0.235 bits per heavy atom. The third-order valence-corrected chi connectivity index (χ3v) is 13.2. The van der Waals surface area contributed by atoms with Gasteiger partial charge in [0.2, 0.25) is 0 Å². The van der Waals surface area contributed by atoms with Crippen LogP contribution in [0.2, 0.25) is 0 Å². The Hall–Kier alpha value is -8.98. The first-order valence-electron chi connectivity index (χ1n) is 23.3. The molecular weight excluding hydrogens is 821 g/mol. The van der Waals surface area contributed by atoms with Gasteiger partial charge in [-0.2, -0.15) is 0 Å². The van der Waals surface area contributed by atoms with Crippen molar-refractivity contribution in [1.29, 1.82) is 0 Å². The van der Waals surface area contributed by atoms with E-state index in [0.717, 1.165) is 45.0 Å². The highest BCUT2D eigenvalue weighted by molar-refractivity contribution is 6.10. The molecule has 12 aromatic rings. The highest BCUT2D eigenvalue weighted by Crippen LogP contribution is 2.45. The predicted octanol–water partition coefficient (Wildman–Crippen LogP) is 18.3. The minimum atomic E-state index is 1.07. The van der Waals surface area contributed by atoms with E-state index in [0.29, 0.717) is 0 Å². The van der Waals surface area contributed by atoms with Crippen LogP contribution in [0, 0.1) is 0 Å². The molecule has 0 unspecified atom stereocenters. The molecule has 12 rings (SSSR count). The van der Waals surface area contributed by atoms with Crippen LogP contribution in [0.4, 0.5) is 17.1 Å². The third-order valence-electron chi connectivity index (χ3n) is 13.2. The van der Waals surface area contributed by atoms with Crippen LogP contribution in [0.1, 0.15) is 0 Å². The van der Waals surface area contributed by atoms with Crippen molar-refractivity contribution in [2.75, 3.05) is 4.90 Å². The lowest BCUT2D eigenvalue weighted by molar-refractivity contribution is 1.18. The molecule has 0 saturated carbocycles. The Morgan fingerprint density at radius 3 is 1.13 bits per heavy atom. The summed E-state index contributed by atoms with van der Waals surface area (Å²) in [6.45, 7) is 0. The first kappa shape index (κ1) is 40.5. The molecule has 0 spiro atoms. The molecular formula is C66H46N2. The van der Waals surface area contributed by atoms with Gasteiger partial charge in [-0.15, -0.1) is 0 Å². The zero-order valence-corrected chi connectivity index (χ0v) is 37.5. The molecule has 320 valence electrons. The standard InChI is InChI=1S/C66H46N2/c1-4-17-47(18-5-1)50-31-33-51(34-32-50)53-37-42-58(43-38-53)67(57-40-35-52(36-41-57)48-19-6-2-7-20-48)66-44-39-56(46-62(66)55-24-16-23-54(45-55)49-21-8-3-9-22-49)59-25-10-13-28-63(59)68-64-29-14-11-26-60(64)61-27-12-15-30-65(61)68/h1-46H. The molecule has 68 heavy (non-hydrogen) atoms. The van der Waals surface area contributed by atoms with E-state index >= 15 is 0 Å². The van der Waals surface area contributed by atoms with Gasteiger partial charge in [0.25, 0.3) is 0 Å². The van der Waals surface area contributed by atoms with Crippen LogP contribution in [-0.4, -0.2) is 4.57 Å². The van der Waals surface area contributed by atoms with Crippen molar-refractivity contribution in [3.63, 3.8) is 0 Å². The lowest BCUT2D eigenvalue weighted by Crippen LogP contribution is -2.11. The minimum absolute atomic E-state index is 1.07. The number of hydrogen-bond donors (Lipinski definition) is 0. The molecule has 11 aromatic carbocycles. The second kappa shape index (κ2) is 17.8. The summed E-state index contributed by atoms with van der Waals surface area (Å²) in [5.74, 6) is 0. The molecule has 0 amide bonds. The van der Waals surface area contributed by atoms with Crippen LogP contribution >= 0.6 is 0 Å². The number of fused-ring (bicyclic) bond motifs is 3. The van der Waals surface area contributed by atoms with E-state index < -0.39 is 0 Å². The van der Waals surface area contributed by atoms with Crippen LogP contribution in [0.3, 0.4) is 0 Å². The van der Waals surface area contributed by atoms with Gasteiger partial charge in [0.05, 0.1) is 22.4 Å². The van der Waals surface area contributed by atoms with Gasteiger partial charge in [-0.1, -0.05) is 218 Å². The second-order valence-corrected chi connectivity index (χ2v) is 17.3. The summed E-state index contributed by atoms with van der Waals surface area (Å²) < 4.78 is 2.43. The lowest BCUT2D eigenvalue weighted by atomic mass is 9.93. The maximum atomic E-state index is 2.43. The monoisotopic (exact) mass is 866 g/mol. The molecule has 1 heterocycles. The van der Waals surface area contributed by atoms with E-state index in [1.807, 2.05) is 0 Å². The zero-order chi connectivity index (χ0) is 45.2. The quantitative estimate of drug-likeness (QED) is 0.133. The van der Waals surface area contributed by atoms with Crippen LogP contribution in [0.25, 0.3) is 94.3 Å². The Labute approximate surface area is 397 Å². The Bertz CT molecular complexity index is 3630. The number of aromatic nitrogens is 1. The normalized spacial score (nSPS) is 11.2. The van der Waals surface area contributed by atoms with Gasteiger partial charge in [-0.05, 0) is 116 Å². The van der Waals surface area contributed by atoms with Gasteiger partial charge < -0.3 is 9.47 Å². The summed E-state index contributed by atoms with van der Waals surface area (Å²) in [5, 5.41) is 2.49. The molecule has 2 heteroatoms. The average Bonchev–Trinajstić information content (AvgIpc) is 3.76. The number of hydrogen-bond acceptors (Lipinski definition) is 1. The Balaban J connectivity index is 1.04. The zero-order valence-electron chi connectivity index (χ0n) is 37.5. The average molecular weight is 867 g/mol. The van der Waals surface area contributed by atoms with Gasteiger partial charge in [-0.25, -0.2) is 0 Å². The Morgan fingerprint density at radius 2 is 0.603 bits per heavy atom. The van der Waals surface area contributed by atoms with Crippen molar-refractivity contribution < 1.29 is 0 Å². The summed E-state index contributed by atoms with van der Waals surface area (Å²) in [5.41, 5.74) is 20.8. The first-order chi connectivity index (χ1) is 33.7. The molecule has 0 atom stereocenters. The highest BCUT2D eigenvalue weighted by Gasteiger charge is 2.21. The van der Waals surface area contributed by atoms with Gasteiger partial charge in [-0.3, -0.25) is 0 Å². The van der Waals surface area contributed by atoms with Gasteiger partial charge in [0, 0.05) is 33.3 Å². The van der Waals surface area contributed by atoms with Crippen molar-refractivity contribution in [2.45, 2.75) is 0 Å². The van der Waals surface area contributed by atoms with E-state index in [9.17, 15) is 0 Å². The largest absolute Gasteiger partial charge is 0.310 e. The maximum absolute atomic E-state index is 2.43. The molecule has 0 bridgehead atoms. The fourth-order valence-corrected chi connectivity index (χ4v) is 9.87. The second-order valence-electron chi connectivity index (χ2n) is 17.3. The van der Waals surface area contributed by atoms with Crippen LogP contribution < -0.4 is 4.90 Å². The topological polar surface area (TPSA) is 8.17 Å². The number of rotatable bonds is 10. The Kier molecular flexibility index (Phi) is 10.6. The van der Waals surface area contributed by atoms with Crippen molar-refractivity contribution in [3.05, 3.63) is 279 Å². The molecule has 0 fully saturated rings. The number of nitrogens with zero attached hydrogens (tertiary/aromatic N) is 2. The molecule has 2 nitrogen and oxygen atoms in total. The van der Waals surface area contributed by atoms with Crippen molar-refractivity contribution in [1.82, 2.24) is 4.57 Å². The van der Waals surface area contributed by atoms with Gasteiger partial charge in [0.15, 0.2) is 0 Å². The van der Waals surface area contributed by atoms with E-state index in [1.165, 1.54) is 66.3 Å². The fraction of sp³-hybridized carbons (Fsp3) is 0. The van der Waals surface area contributed by atoms with E-state index in [4.69, 9.17) is 0 Å². The smallest absolute Gasteiger partial charge is 0.0541 e.